The molecule has 0 saturated carbocycles. The molecule has 0 aromatic carbocycles. The van der Waals surface area contributed by atoms with E-state index in [1.165, 1.54) is 25.7 Å². The Morgan fingerprint density at radius 1 is 0.737 bits per heavy atom. The van der Waals surface area contributed by atoms with Crippen LogP contribution in [0.15, 0.2) is 0 Å². The smallest absolute Gasteiger partial charge is 0.410 e. The molecule has 0 amide bonds. The van der Waals surface area contributed by atoms with Gasteiger partial charge in [-0.1, -0.05) is 0 Å². The fourth-order valence-electron chi connectivity index (χ4n) is 1.92. The second kappa shape index (κ2) is 11.3. The zero-order valence-corrected chi connectivity index (χ0v) is 15.0. The summed E-state index contributed by atoms with van der Waals surface area (Å²) in [7, 11) is 0. The van der Waals surface area contributed by atoms with Gasteiger partial charge in [0.05, 0.1) is 0 Å². The van der Waals surface area contributed by atoms with Crippen molar-refractivity contribution in [1.29, 1.82) is 0 Å². The van der Waals surface area contributed by atoms with Crippen molar-refractivity contribution in [1.82, 2.24) is 20.9 Å². The van der Waals surface area contributed by atoms with E-state index in [1.807, 2.05) is 0 Å². The molecule has 0 aromatic heterocycles. The van der Waals surface area contributed by atoms with Crippen LogP contribution in [0.4, 0.5) is 0 Å². The molecule has 2 aliphatic heterocycles. The topological polar surface area (TPSA) is 30.5 Å². The van der Waals surface area contributed by atoms with Gasteiger partial charge in [-0.25, -0.2) is 10.0 Å². The molecular weight excluding hydrogens is 359 g/mol. The standard InChI is InChI=1S/2C5H10N2S2.Mn/c2*8-5(9)6-7-3-1-2-4-7;/h2*1-4H2,(H2,6,8,9);/q;;+2/p-2. The largest absolute Gasteiger partial charge is 2.00 e. The average Bonchev–Trinajstić information content (AvgIpc) is 2.90. The molecule has 2 rings (SSSR count). The molecule has 1 radical (unpaired) electrons. The summed E-state index contributed by atoms with van der Waals surface area (Å²) < 4.78 is 0.911. The van der Waals surface area contributed by atoms with Crippen LogP contribution < -0.4 is 10.9 Å². The van der Waals surface area contributed by atoms with Crippen LogP contribution >= 0.6 is 24.4 Å². The van der Waals surface area contributed by atoms with Gasteiger partial charge in [-0.05, 0) is 34.3 Å². The molecule has 0 unspecified atom stereocenters. The van der Waals surface area contributed by atoms with Gasteiger partial charge in [-0.3, -0.25) is 0 Å². The zero-order chi connectivity index (χ0) is 13.4. The van der Waals surface area contributed by atoms with Gasteiger partial charge >= 0.3 is 17.1 Å². The zero-order valence-electron chi connectivity index (χ0n) is 10.6. The molecule has 0 aliphatic carbocycles. The number of nitrogens with one attached hydrogen (secondary N) is 2. The van der Waals surface area contributed by atoms with Gasteiger partial charge < -0.3 is 60.5 Å². The van der Waals surface area contributed by atoms with Gasteiger partial charge in [-0.15, -0.1) is 0 Å². The predicted octanol–water partition coefficient (Wildman–Crippen LogP) is 0.835. The Hall–Kier alpha value is 0.659. The fraction of sp³-hybridized carbons (Fsp3) is 0.800. The maximum atomic E-state index is 4.69. The first-order valence-corrected chi connectivity index (χ1v) is 7.66. The first-order chi connectivity index (χ1) is 8.58. The quantitative estimate of drug-likeness (QED) is 0.416. The van der Waals surface area contributed by atoms with Gasteiger partial charge in [0.2, 0.25) is 0 Å². The molecule has 2 saturated heterocycles. The molecule has 0 atom stereocenters. The molecule has 4 nitrogen and oxygen atoms in total. The molecule has 9 heteroatoms. The Labute approximate surface area is 147 Å². The molecule has 0 bridgehead atoms. The van der Waals surface area contributed by atoms with E-state index >= 15 is 0 Å². The van der Waals surface area contributed by atoms with Crippen LogP contribution in [-0.2, 0) is 42.3 Å². The summed E-state index contributed by atoms with van der Waals surface area (Å²) >= 11 is 18.8. The van der Waals surface area contributed by atoms with Crippen molar-refractivity contribution in [3.8, 4) is 0 Å². The molecule has 2 fully saturated rings. The van der Waals surface area contributed by atoms with Crippen molar-refractivity contribution in [2.75, 3.05) is 26.2 Å². The third-order valence-electron chi connectivity index (χ3n) is 2.71. The van der Waals surface area contributed by atoms with Gasteiger partial charge in [-0.2, -0.15) is 0 Å². The minimum atomic E-state index is 0. The number of hydrazine groups is 2. The van der Waals surface area contributed by atoms with E-state index in [0.29, 0.717) is 8.64 Å². The van der Waals surface area contributed by atoms with Crippen molar-refractivity contribution in [2.24, 2.45) is 0 Å². The first-order valence-electron chi connectivity index (χ1n) is 6.03. The maximum absolute atomic E-state index is 4.69. The third-order valence-corrected chi connectivity index (χ3v) is 3.08. The van der Waals surface area contributed by atoms with Crippen molar-refractivity contribution < 1.29 is 17.1 Å². The molecular formula is C10H18MnN4S4. The Bertz CT molecular complexity index is 253. The van der Waals surface area contributed by atoms with E-state index in [0.717, 1.165) is 26.2 Å². The van der Waals surface area contributed by atoms with E-state index in [9.17, 15) is 0 Å². The van der Waals surface area contributed by atoms with E-state index in [2.05, 4.69) is 20.9 Å². The van der Waals surface area contributed by atoms with E-state index in [-0.39, 0.29) is 17.1 Å². The summed E-state index contributed by atoms with van der Waals surface area (Å²) in [5.41, 5.74) is 5.84. The number of hydrogen-bond donors (Lipinski definition) is 2. The summed E-state index contributed by atoms with van der Waals surface area (Å²) in [6.45, 7) is 4.32. The fourth-order valence-corrected chi connectivity index (χ4v) is 2.43. The average molecular weight is 377 g/mol. The van der Waals surface area contributed by atoms with Crippen LogP contribution in [0.2, 0.25) is 0 Å². The number of rotatable bonds is 2. The molecule has 0 spiro atoms. The molecule has 2 aliphatic rings. The van der Waals surface area contributed by atoms with Crippen LogP contribution in [0.3, 0.4) is 0 Å². The summed E-state index contributed by atoms with van der Waals surface area (Å²) in [6.07, 6.45) is 5.02. The van der Waals surface area contributed by atoms with Crippen molar-refractivity contribution in [3.63, 3.8) is 0 Å². The van der Waals surface area contributed by atoms with Crippen LogP contribution in [0.25, 0.3) is 0 Å². The third kappa shape index (κ3) is 10.1. The Morgan fingerprint density at radius 3 is 1.21 bits per heavy atom. The van der Waals surface area contributed by atoms with Crippen LogP contribution in [-0.4, -0.2) is 44.8 Å². The summed E-state index contributed by atoms with van der Waals surface area (Å²) in [5, 5.41) is 4.13. The minimum Gasteiger partial charge on any atom is -0.410 e. The molecule has 2 heterocycles. The monoisotopic (exact) mass is 377 g/mol. The summed E-state index contributed by atoms with van der Waals surface area (Å²) in [4.78, 5) is 0. The summed E-state index contributed by atoms with van der Waals surface area (Å²) in [5.74, 6) is 0. The number of thiocarbonyl (C=S) groups is 2. The van der Waals surface area contributed by atoms with Gasteiger partial charge in [0.1, 0.15) is 0 Å². The maximum Gasteiger partial charge on any atom is 2.00 e. The molecule has 2 N–H and O–H groups in total. The molecule has 0 aromatic rings. The van der Waals surface area contributed by atoms with Crippen molar-refractivity contribution in [2.45, 2.75) is 25.7 Å². The van der Waals surface area contributed by atoms with E-state index < -0.39 is 0 Å². The second-order valence-electron chi connectivity index (χ2n) is 4.19. The van der Waals surface area contributed by atoms with Crippen LogP contribution in [0.1, 0.15) is 25.7 Å². The Kier molecular flexibility index (Phi) is 11.7. The Balaban J connectivity index is 0.000000324. The minimum absolute atomic E-state index is 0. The normalized spacial score (nSPS) is 18.9. The second-order valence-corrected chi connectivity index (χ2v) is 6.34. The number of hydrogen-bond acceptors (Lipinski definition) is 6. The molecule has 109 valence electrons. The van der Waals surface area contributed by atoms with E-state index in [1.54, 1.807) is 0 Å². The van der Waals surface area contributed by atoms with Crippen LogP contribution in [0, 0.1) is 0 Å². The molecule has 19 heavy (non-hydrogen) atoms. The van der Waals surface area contributed by atoms with Gasteiger partial charge in [0.25, 0.3) is 0 Å². The van der Waals surface area contributed by atoms with Gasteiger partial charge in [0, 0.05) is 26.2 Å². The van der Waals surface area contributed by atoms with Gasteiger partial charge in [0.15, 0.2) is 0 Å². The SMILES string of the molecule is S=C([S-])NN1CCCC1.S=C([S-])NN1CCCC1.[Mn+2]. The van der Waals surface area contributed by atoms with Crippen LogP contribution in [0.5, 0.6) is 0 Å². The Morgan fingerprint density at radius 2 is 1.00 bits per heavy atom. The van der Waals surface area contributed by atoms with Crippen molar-refractivity contribution >= 4 is 58.3 Å². The first kappa shape index (κ1) is 19.7. The van der Waals surface area contributed by atoms with E-state index in [4.69, 9.17) is 49.7 Å². The summed E-state index contributed by atoms with van der Waals surface area (Å²) in [6, 6.07) is 0. The van der Waals surface area contributed by atoms with Crippen molar-refractivity contribution in [3.05, 3.63) is 0 Å². The predicted molar refractivity (Wildman–Crippen MR) is 87.8 cm³/mol. The number of nitrogens with zero attached hydrogens (tertiary/aromatic N) is 2.